The van der Waals surface area contributed by atoms with Gasteiger partial charge in [0.25, 0.3) is 0 Å². The van der Waals surface area contributed by atoms with Crippen molar-refractivity contribution in [3.8, 4) is 5.75 Å². The average Bonchev–Trinajstić information content (AvgIpc) is 2.27. The summed E-state index contributed by atoms with van der Waals surface area (Å²) in [6.45, 7) is 5.67. The van der Waals surface area contributed by atoms with Gasteiger partial charge in [0.2, 0.25) is 0 Å². The molecule has 0 heterocycles. The van der Waals surface area contributed by atoms with Crippen molar-refractivity contribution >= 4 is 5.69 Å². The fourth-order valence-corrected chi connectivity index (χ4v) is 1.10. The fraction of sp³-hybridized carbons (Fsp3) is 0.333. The van der Waals surface area contributed by atoms with Crippen LogP contribution >= 0.6 is 0 Å². The Morgan fingerprint density at radius 2 is 2.07 bits per heavy atom. The van der Waals surface area contributed by atoms with Gasteiger partial charge >= 0.3 is 0 Å². The van der Waals surface area contributed by atoms with Crippen molar-refractivity contribution in [2.75, 3.05) is 7.11 Å². The molecule has 0 aromatic heterocycles. The molecule has 80 valence electrons. The van der Waals surface area contributed by atoms with Gasteiger partial charge in [-0.05, 0) is 37.6 Å². The van der Waals surface area contributed by atoms with Crippen LogP contribution in [0, 0.1) is 0 Å². The van der Waals surface area contributed by atoms with Crippen molar-refractivity contribution in [1.29, 1.82) is 0 Å². The Morgan fingerprint density at radius 1 is 1.40 bits per heavy atom. The lowest BCUT2D eigenvalue weighted by Crippen LogP contribution is -1.92. The SMILES string of the molecule is C=CCC(C)/N=N/c1ccc(OC)cc1. The largest absolute Gasteiger partial charge is 0.497 e. The molecule has 0 amide bonds. The van der Waals surface area contributed by atoms with Crippen LogP contribution in [0.4, 0.5) is 5.69 Å². The van der Waals surface area contributed by atoms with Crippen molar-refractivity contribution in [2.24, 2.45) is 10.2 Å². The highest BCUT2D eigenvalue weighted by molar-refractivity contribution is 5.40. The number of hydrogen-bond donors (Lipinski definition) is 0. The summed E-state index contributed by atoms with van der Waals surface area (Å²) in [5.41, 5.74) is 0.840. The molecule has 0 aliphatic rings. The highest BCUT2D eigenvalue weighted by Gasteiger charge is 1.95. The van der Waals surface area contributed by atoms with E-state index in [4.69, 9.17) is 4.74 Å². The van der Waals surface area contributed by atoms with Gasteiger partial charge in [-0.2, -0.15) is 10.2 Å². The van der Waals surface area contributed by atoms with Crippen LogP contribution in [0.25, 0.3) is 0 Å². The molecule has 1 atom stereocenters. The maximum absolute atomic E-state index is 5.05. The molecule has 0 spiro atoms. The predicted molar refractivity (Wildman–Crippen MR) is 61.8 cm³/mol. The number of azo groups is 1. The highest BCUT2D eigenvalue weighted by Crippen LogP contribution is 2.18. The Kier molecular flexibility index (Phi) is 4.54. The van der Waals surface area contributed by atoms with Crippen LogP contribution in [0.3, 0.4) is 0 Å². The molecule has 0 aliphatic heterocycles. The molecule has 0 radical (unpaired) electrons. The first kappa shape index (κ1) is 11.4. The van der Waals surface area contributed by atoms with Crippen molar-refractivity contribution in [3.05, 3.63) is 36.9 Å². The van der Waals surface area contributed by atoms with Crippen LogP contribution in [-0.4, -0.2) is 13.2 Å². The second kappa shape index (κ2) is 5.96. The molecular weight excluding hydrogens is 188 g/mol. The first-order valence-corrected chi connectivity index (χ1v) is 4.92. The molecule has 0 saturated heterocycles. The third kappa shape index (κ3) is 3.94. The molecular formula is C12H16N2O. The van der Waals surface area contributed by atoms with Crippen molar-refractivity contribution < 1.29 is 4.74 Å². The molecule has 1 aromatic carbocycles. The molecule has 0 saturated carbocycles. The summed E-state index contributed by atoms with van der Waals surface area (Å²) >= 11 is 0. The van der Waals surface area contributed by atoms with Gasteiger partial charge in [0.15, 0.2) is 0 Å². The minimum Gasteiger partial charge on any atom is -0.497 e. The first-order chi connectivity index (χ1) is 7.26. The van der Waals surface area contributed by atoms with E-state index in [0.29, 0.717) is 0 Å². The highest BCUT2D eigenvalue weighted by atomic mass is 16.5. The predicted octanol–water partition coefficient (Wildman–Crippen LogP) is 3.74. The number of rotatable bonds is 5. The average molecular weight is 204 g/mol. The zero-order chi connectivity index (χ0) is 11.1. The number of nitrogens with zero attached hydrogens (tertiary/aromatic N) is 2. The maximum Gasteiger partial charge on any atom is 0.119 e. The van der Waals surface area contributed by atoms with Gasteiger partial charge in [0.05, 0.1) is 18.8 Å². The molecule has 3 nitrogen and oxygen atoms in total. The number of ether oxygens (including phenoxy) is 1. The summed E-state index contributed by atoms with van der Waals surface area (Å²) in [6.07, 6.45) is 2.69. The zero-order valence-electron chi connectivity index (χ0n) is 9.18. The molecule has 1 rings (SSSR count). The zero-order valence-corrected chi connectivity index (χ0v) is 9.18. The van der Waals surface area contributed by atoms with Crippen molar-refractivity contribution in [3.63, 3.8) is 0 Å². The summed E-state index contributed by atoms with van der Waals surface area (Å²) < 4.78 is 5.05. The minimum absolute atomic E-state index is 0.185. The number of hydrogen-bond acceptors (Lipinski definition) is 3. The quantitative estimate of drug-likeness (QED) is 0.531. The van der Waals surface area contributed by atoms with E-state index in [9.17, 15) is 0 Å². The lowest BCUT2D eigenvalue weighted by molar-refractivity contribution is 0.415. The van der Waals surface area contributed by atoms with Crippen LogP contribution in [0.15, 0.2) is 47.1 Å². The van der Waals surface area contributed by atoms with Crippen molar-refractivity contribution in [2.45, 2.75) is 19.4 Å². The molecule has 0 fully saturated rings. The first-order valence-electron chi connectivity index (χ1n) is 4.92. The van der Waals surface area contributed by atoms with Crippen LogP contribution in [0.1, 0.15) is 13.3 Å². The molecule has 0 bridgehead atoms. The van der Waals surface area contributed by atoms with Gasteiger partial charge < -0.3 is 4.74 Å². The molecule has 0 aliphatic carbocycles. The van der Waals surface area contributed by atoms with Gasteiger partial charge in [0, 0.05) is 0 Å². The summed E-state index contributed by atoms with van der Waals surface area (Å²) in [5.74, 6) is 0.827. The van der Waals surface area contributed by atoms with E-state index >= 15 is 0 Å². The lowest BCUT2D eigenvalue weighted by Gasteiger charge is -2.00. The Bertz CT molecular complexity index is 330. The van der Waals surface area contributed by atoms with Crippen LogP contribution in [-0.2, 0) is 0 Å². The van der Waals surface area contributed by atoms with Crippen LogP contribution < -0.4 is 4.74 Å². The van der Waals surface area contributed by atoms with E-state index in [1.807, 2.05) is 37.3 Å². The third-order valence-corrected chi connectivity index (χ3v) is 1.95. The molecule has 1 unspecified atom stereocenters. The maximum atomic E-state index is 5.05. The standard InChI is InChI=1S/C12H16N2O/c1-4-5-10(2)13-14-11-6-8-12(15-3)9-7-11/h4,6-10H,1,5H2,2-3H3/b14-13+. The minimum atomic E-state index is 0.185. The molecule has 0 N–H and O–H groups in total. The van der Waals surface area contributed by atoms with E-state index in [0.717, 1.165) is 17.9 Å². The van der Waals surface area contributed by atoms with Gasteiger partial charge in [-0.3, -0.25) is 0 Å². The second-order valence-electron chi connectivity index (χ2n) is 3.29. The van der Waals surface area contributed by atoms with Crippen molar-refractivity contribution in [1.82, 2.24) is 0 Å². The summed E-state index contributed by atoms with van der Waals surface area (Å²) in [6, 6.07) is 7.68. The molecule has 1 aromatic rings. The Labute approximate surface area is 90.5 Å². The monoisotopic (exact) mass is 204 g/mol. The topological polar surface area (TPSA) is 34.0 Å². The Morgan fingerprint density at radius 3 is 2.60 bits per heavy atom. The Hall–Kier alpha value is -1.64. The lowest BCUT2D eigenvalue weighted by atomic mass is 10.2. The number of benzene rings is 1. The van der Waals surface area contributed by atoms with E-state index < -0.39 is 0 Å². The third-order valence-electron chi connectivity index (χ3n) is 1.95. The molecule has 3 heteroatoms. The van der Waals surface area contributed by atoms with Gasteiger partial charge in [0.1, 0.15) is 5.75 Å². The fourth-order valence-electron chi connectivity index (χ4n) is 1.10. The smallest absolute Gasteiger partial charge is 0.119 e. The number of methoxy groups -OCH3 is 1. The van der Waals surface area contributed by atoms with Crippen LogP contribution in [0.5, 0.6) is 5.75 Å². The van der Waals surface area contributed by atoms with Gasteiger partial charge in [-0.15, -0.1) is 6.58 Å². The summed E-state index contributed by atoms with van der Waals surface area (Å²) in [4.78, 5) is 0. The van der Waals surface area contributed by atoms with Crippen LogP contribution in [0.2, 0.25) is 0 Å². The van der Waals surface area contributed by atoms with E-state index in [-0.39, 0.29) is 6.04 Å². The normalized spacial score (nSPS) is 12.7. The molecule has 15 heavy (non-hydrogen) atoms. The second-order valence-corrected chi connectivity index (χ2v) is 3.29. The van der Waals surface area contributed by atoms with E-state index in [1.165, 1.54) is 0 Å². The van der Waals surface area contributed by atoms with Gasteiger partial charge in [-0.1, -0.05) is 6.08 Å². The Balaban J connectivity index is 2.60. The summed E-state index contributed by atoms with van der Waals surface area (Å²) in [5, 5.41) is 8.27. The van der Waals surface area contributed by atoms with Gasteiger partial charge in [-0.25, -0.2) is 0 Å². The summed E-state index contributed by atoms with van der Waals surface area (Å²) in [7, 11) is 1.64. The van der Waals surface area contributed by atoms with E-state index in [1.54, 1.807) is 7.11 Å². The van der Waals surface area contributed by atoms with E-state index in [2.05, 4.69) is 16.8 Å².